The van der Waals surface area contributed by atoms with Gasteiger partial charge in [-0.2, -0.15) is 13.2 Å². The molecule has 0 heterocycles. The molecule has 0 fully saturated rings. The molecule has 0 aliphatic rings. The average Bonchev–Trinajstić information content (AvgIpc) is 2.15. The fourth-order valence-corrected chi connectivity index (χ4v) is 1.02. The zero-order valence-corrected chi connectivity index (χ0v) is 7.48. The third-order valence-corrected chi connectivity index (χ3v) is 1.72. The second kappa shape index (κ2) is 3.74. The Labute approximate surface area is 79.8 Å². The first kappa shape index (κ1) is 10.6. The van der Waals surface area contributed by atoms with Crippen molar-refractivity contribution < 1.29 is 17.9 Å². The molecule has 0 unspecified atom stereocenters. The summed E-state index contributed by atoms with van der Waals surface area (Å²) in [6.45, 7) is 3.29. The first-order chi connectivity index (χ1) is 6.49. The van der Waals surface area contributed by atoms with E-state index in [-0.39, 0.29) is 5.56 Å². The van der Waals surface area contributed by atoms with Crippen LogP contribution in [-0.2, 0) is 6.18 Å². The van der Waals surface area contributed by atoms with Crippen molar-refractivity contribution in [1.29, 1.82) is 0 Å². The molecule has 0 atom stereocenters. The smallest absolute Gasteiger partial charge is 0.416 e. The highest BCUT2D eigenvalue weighted by molar-refractivity contribution is 5.41. The quantitative estimate of drug-likeness (QED) is 0.714. The van der Waals surface area contributed by atoms with E-state index in [1.54, 1.807) is 0 Å². The van der Waals surface area contributed by atoms with Gasteiger partial charge in [-0.05, 0) is 24.3 Å². The summed E-state index contributed by atoms with van der Waals surface area (Å²) in [7, 11) is 1.38. The van der Waals surface area contributed by atoms with Crippen molar-refractivity contribution in [2.45, 2.75) is 6.18 Å². The lowest BCUT2D eigenvalue weighted by atomic mass is 10.1. The molecule has 1 aromatic rings. The molecule has 0 aliphatic heterocycles. The van der Waals surface area contributed by atoms with Crippen LogP contribution in [0.25, 0.3) is 0 Å². The number of hydrogen-bond acceptors (Lipinski definition) is 1. The van der Waals surface area contributed by atoms with Crippen LogP contribution < -0.4 is 4.74 Å². The van der Waals surface area contributed by atoms with Crippen molar-refractivity contribution >= 4 is 0 Å². The maximum atomic E-state index is 12.3. The van der Waals surface area contributed by atoms with Crippen LogP contribution >= 0.6 is 0 Å². The van der Waals surface area contributed by atoms with Gasteiger partial charge in [0.25, 0.3) is 0 Å². The highest BCUT2D eigenvalue weighted by Gasteiger charge is 2.30. The standard InChI is InChI=1S/C10H8F3O/c1-3-7-6-8(10(11,12)13)4-5-9(7)14-2/h4-6H,1H2,2H3. The van der Waals surface area contributed by atoms with E-state index in [1.165, 1.54) is 13.2 Å². The Morgan fingerprint density at radius 1 is 1.36 bits per heavy atom. The monoisotopic (exact) mass is 201 g/mol. The van der Waals surface area contributed by atoms with Crippen LogP contribution in [0.4, 0.5) is 13.2 Å². The summed E-state index contributed by atoms with van der Waals surface area (Å²) >= 11 is 0. The minimum Gasteiger partial charge on any atom is -0.496 e. The minimum absolute atomic E-state index is 0.210. The molecular formula is C10H8F3O. The number of halogens is 3. The number of methoxy groups -OCH3 is 1. The number of ether oxygens (including phenoxy) is 1. The van der Waals surface area contributed by atoms with Crippen LogP contribution in [0.5, 0.6) is 5.75 Å². The Hall–Kier alpha value is -1.45. The Bertz CT molecular complexity index is 342. The molecule has 0 aromatic heterocycles. The van der Waals surface area contributed by atoms with Crippen LogP contribution in [-0.4, -0.2) is 7.11 Å². The van der Waals surface area contributed by atoms with Gasteiger partial charge in [0.2, 0.25) is 0 Å². The molecular weight excluding hydrogens is 193 g/mol. The zero-order chi connectivity index (χ0) is 10.8. The van der Waals surface area contributed by atoms with Crippen molar-refractivity contribution in [2.24, 2.45) is 0 Å². The zero-order valence-electron chi connectivity index (χ0n) is 7.48. The van der Waals surface area contributed by atoms with Crippen molar-refractivity contribution in [3.63, 3.8) is 0 Å². The third-order valence-electron chi connectivity index (χ3n) is 1.72. The highest BCUT2D eigenvalue weighted by atomic mass is 19.4. The predicted octanol–water partition coefficient (Wildman–Crippen LogP) is 3.05. The van der Waals surface area contributed by atoms with E-state index in [0.29, 0.717) is 5.75 Å². The van der Waals surface area contributed by atoms with E-state index in [0.717, 1.165) is 12.1 Å². The number of benzene rings is 1. The van der Waals surface area contributed by atoms with Crippen LogP contribution in [0.15, 0.2) is 24.8 Å². The molecule has 0 saturated carbocycles. The molecule has 0 N–H and O–H groups in total. The van der Waals surface area contributed by atoms with Gasteiger partial charge in [-0.3, -0.25) is 0 Å². The molecule has 1 nitrogen and oxygen atoms in total. The largest absolute Gasteiger partial charge is 0.496 e. The Morgan fingerprint density at radius 2 is 2.00 bits per heavy atom. The lowest BCUT2D eigenvalue weighted by molar-refractivity contribution is -0.137. The predicted molar refractivity (Wildman–Crippen MR) is 46.0 cm³/mol. The van der Waals surface area contributed by atoms with Crippen molar-refractivity contribution in [3.05, 3.63) is 42.0 Å². The second-order valence-electron chi connectivity index (χ2n) is 2.59. The molecule has 0 bridgehead atoms. The second-order valence-corrected chi connectivity index (χ2v) is 2.59. The lowest BCUT2D eigenvalue weighted by Crippen LogP contribution is -2.05. The number of rotatable bonds is 2. The van der Waals surface area contributed by atoms with Gasteiger partial charge < -0.3 is 4.74 Å². The first-order valence-corrected chi connectivity index (χ1v) is 3.77. The summed E-state index contributed by atoms with van der Waals surface area (Å²) < 4.78 is 41.6. The topological polar surface area (TPSA) is 9.23 Å². The van der Waals surface area contributed by atoms with E-state index >= 15 is 0 Å². The molecule has 1 rings (SSSR count). The highest BCUT2D eigenvalue weighted by Crippen LogP contribution is 2.32. The summed E-state index contributed by atoms with van der Waals surface area (Å²) in [5, 5.41) is 0. The van der Waals surface area contributed by atoms with E-state index in [4.69, 9.17) is 4.74 Å². The SMILES string of the molecule is C=[C]c1cc(C(F)(F)F)ccc1OC. The van der Waals surface area contributed by atoms with Crippen molar-refractivity contribution in [3.8, 4) is 5.75 Å². The molecule has 14 heavy (non-hydrogen) atoms. The summed E-state index contributed by atoms with van der Waals surface area (Å²) in [6.07, 6.45) is -1.97. The van der Waals surface area contributed by atoms with Crippen molar-refractivity contribution in [2.75, 3.05) is 7.11 Å². The number of alkyl halides is 3. The first-order valence-electron chi connectivity index (χ1n) is 3.77. The maximum Gasteiger partial charge on any atom is 0.416 e. The molecule has 0 amide bonds. The normalized spacial score (nSPS) is 11.1. The van der Waals surface area contributed by atoms with Crippen LogP contribution in [0.2, 0.25) is 0 Å². The fraction of sp³-hybridized carbons (Fsp3) is 0.200. The Balaban J connectivity index is 3.21. The molecule has 4 heteroatoms. The Morgan fingerprint density at radius 3 is 2.43 bits per heavy atom. The van der Waals surface area contributed by atoms with E-state index < -0.39 is 11.7 Å². The van der Waals surface area contributed by atoms with Gasteiger partial charge in [0.1, 0.15) is 5.75 Å². The van der Waals surface area contributed by atoms with Gasteiger partial charge in [-0.15, -0.1) is 0 Å². The van der Waals surface area contributed by atoms with Crippen LogP contribution in [0.1, 0.15) is 11.1 Å². The molecule has 0 saturated heterocycles. The van der Waals surface area contributed by atoms with Crippen molar-refractivity contribution in [1.82, 2.24) is 0 Å². The van der Waals surface area contributed by atoms with Gasteiger partial charge in [-0.1, -0.05) is 6.58 Å². The molecule has 0 aliphatic carbocycles. The minimum atomic E-state index is -4.35. The van der Waals surface area contributed by atoms with Gasteiger partial charge in [0.15, 0.2) is 0 Å². The third kappa shape index (κ3) is 2.07. The van der Waals surface area contributed by atoms with E-state index in [2.05, 4.69) is 12.7 Å². The molecule has 1 aromatic carbocycles. The van der Waals surface area contributed by atoms with E-state index in [1.807, 2.05) is 0 Å². The van der Waals surface area contributed by atoms with Gasteiger partial charge in [-0.25, -0.2) is 0 Å². The molecule has 75 valence electrons. The van der Waals surface area contributed by atoms with Gasteiger partial charge >= 0.3 is 6.18 Å². The molecule has 0 spiro atoms. The summed E-state index contributed by atoms with van der Waals surface area (Å²) in [4.78, 5) is 0. The maximum absolute atomic E-state index is 12.3. The summed E-state index contributed by atoms with van der Waals surface area (Å²) in [5.41, 5.74) is -0.522. The average molecular weight is 201 g/mol. The van der Waals surface area contributed by atoms with Gasteiger partial charge in [0.05, 0.1) is 12.7 Å². The van der Waals surface area contributed by atoms with Crippen LogP contribution in [0, 0.1) is 6.08 Å². The van der Waals surface area contributed by atoms with E-state index in [9.17, 15) is 13.2 Å². The summed E-state index contributed by atoms with van der Waals surface area (Å²) in [6, 6.07) is 3.15. The van der Waals surface area contributed by atoms with Crippen LogP contribution in [0.3, 0.4) is 0 Å². The molecule has 1 radical (unpaired) electrons. The van der Waals surface area contributed by atoms with Gasteiger partial charge in [0, 0.05) is 5.56 Å². The fourth-order valence-electron chi connectivity index (χ4n) is 1.02. The Kier molecular flexibility index (Phi) is 2.84. The lowest BCUT2D eigenvalue weighted by Gasteiger charge is -2.09. The summed E-state index contributed by atoms with van der Waals surface area (Å²) in [5.74, 6) is 0.327. The number of hydrogen-bond donors (Lipinski definition) is 0.